The average Bonchev–Trinajstić information content (AvgIpc) is 2.17. The van der Waals surface area contributed by atoms with E-state index in [1.165, 1.54) is 0 Å². The largest absolute Gasteiger partial charge is 0.469 e. The Hall–Kier alpha value is 0.300. The van der Waals surface area contributed by atoms with E-state index in [1.54, 1.807) is 0 Å². The molecule has 0 aliphatic carbocycles. The second kappa shape index (κ2) is 5.30. The highest BCUT2D eigenvalue weighted by molar-refractivity contribution is 8.00. The van der Waals surface area contributed by atoms with Crippen LogP contribution in [-0.2, 0) is 9.09 Å². The van der Waals surface area contributed by atoms with Gasteiger partial charge in [-0.05, 0) is 0 Å². The molecule has 0 aromatic rings. The van der Waals surface area contributed by atoms with Crippen molar-refractivity contribution in [2.24, 2.45) is 0 Å². The number of thioether (sulfide) groups is 1. The van der Waals surface area contributed by atoms with Crippen LogP contribution < -0.4 is 0 Å². The summed E-state index contributed by atoms with van der Waals surface area (Å²) in [5, 5.41) is 36.3. The molecule has 6 N–H and O–H groups in total. The highest BCUT2D eigenvalue weighted by atomic mass is 32.2. The minimum absolute atomic E-state index is 0.545. The molecule has 1 aliphatic heterocycles. The molecule has 8 nitrogen and oxygen atoms in total. The van der Waals surface area contributed by atoms with Crippen molar-refractivity contribution < 1.29 is 39.3 Å². The van der Waals surface area contributed by atoms with Crippen molar-refractivity contribution in [2.75, 3.05) is 6.61 Å². The van der Waals surface area contributed by atoms with Gasteiger partial charge in [0.1, 0.15) is 17.6 Å². The van der Waals surface area contributed by atoms with E-state index in [2.05, 4.69) is 4.52 Å². The van der Waals surface area contributed by atoms with E-state index in [9.17, 15) is 25.0 Å². The Labute approximate surface area is 95.1 Å². The SMILES string of the molecule is O=P(O)(O)OC[C@H]1S[C@H](O)[C@H](O)[C@@H](O)[C@@H]1O. The molecule has 0 aromatic heterocycles. The van der Waals surface area contributed by atoms with Crippen molar-refractivity contribution in [1.82, 2.24) is 0 Å². The van der Waals surface area contributed by atoms with Crippen molar-refractivity contribution in [3.63, 3.8) is 0 Å². The molecule has 0 spiro atoms. The molecule has 0 unspecified atom stereocenters. The molecule has 0 radical (unpaired) electrons. The van der Waals surface area contributed by atoms with Gasteiger partial charge in [0.15, 0.2) is 0 Å². The fraction of sp³-hybridized carbons (Fsp3) is 1.00. The third-order valence-corrected chi connectivity index (χ3v) is 3.90. The second-order valence-corrected chi connectivity index (χ2v) is 5.92. The summed E-state index contributed by atoms with van der Waals surface area (Å²) in [5.74, 6) is 0. The molecule has 16 heavy (non-hydrogen) atoms. The summed E-state index contributed by atoms with van der Waals surface area (Å²) in [6.07, 6.45) is -4.53. The Bertz CT molecular complexity index is 282. The molecule has 1 heterocycles. The van der Waals surface area contributed by atoms with Gasteiger partial charge in [-0.15, -0.1) is 11.8 Å². The molecule has 1 rings (SSSR count). The molecular formula is C6H13O8PS. The van der Waals surface area contributed by atoms with Crippen LogP contribution in [0.3, 0.4) is 0 Å². The van der Waals surface area contributed by atoms with E-state index < -0.39 is 43.4 Å². The fourth-order valence-corrected chi connectivity index (χ4v) is 2.84. The smallest absolute Gasteiger partial charge is 0.389 e. The average molecular weight is 276 g/mol. The summed E-state index contributed by atoms with van der Waals surface area (Å²) in [5.41, 5.74) is -1.34. The van der Waals surface area contributed by atoms with Crippen LogP contribution in [0.4, 0.5) is 0 Å². The zero-order valence-electron chi connectivity index (χ0n) is 7.95. The molecule has 5 atom stereocenters. The lowest BCUT2D eigenvalue weighted by atomic mass is 10.0. The van der Waals surface area contributed by atoms with Crippen LogP contribution in [0.15, 0.2) is 0 Å². The molecule has 1 fully saturated rings. The lowest BCUT2D eigenvalue weighted by Gasteiger charge is -2.37. The van der Waals surface area contributed by atoms with Gasteiger partial charge in [0.05, 0.1) is 18.0 Å². The van der Waals surface area contributed by atoms with Crippen LogP contribution in [0.1, 0.15) is 0 Å². The second-order valence-electron chi connectivity index (χ2n) is 3.32. The van der Waals surface area contributed by atoms with Gasteiger partial charge in [-0.2, -0.15) is 0 Å². The number of hydrogen-bond donors (Lipinski definition) is 6. The lowest BCUT2D eigenvalue weighted by Crippen LogP contribution is -2.54. The van der Waals surface area contributed by atoms with Gasteiger partial charge in [0.25, 0.3) is 0 Å². The first-order chi connectivity index (χ1) is 7.22. The minimum atomic E-state index is -4.66. The topological polar surface area (TPSA) is 148 Å². The predicted molar refractivity (Wildman–Crippen MR) is 53.4 cm³/mol. The molecule has 1 saturated heterocycles. The quantitative estimate of drug-likeness (QED) is 0.310. The highest BCUT2D eigenvalue weighted by Crippen LogP contribution is 2.39. The van der Waals surface area contributed by atoms with Crippen molar-refractivity contribution in [2.45, 2.75) is 29.0 Å². The van der Waals surface area contributed by atoms with Gasteiger partial charge in [0.2, 0.25) is 0 Å². The van der Waals surface area contributed by atoms with Gasteiger partial charge in [-0.3, -0.25) is 4.52 Å². The molecular weight excluding hydrogens is 263 g/mol. The Morgan fingerprint density at radius 2 is 1.62 bits per heavy atom. The zero-order chi connectivity index (χ0) is 12.5. The molecule has 10 heteroatoms. The van der Waals surface area contributed by atoms with E-state index in [1.807, 2.05) is 0 Å². The van der Waals surface area contributed by atoms with E-state index in [-0.39, 0.29) is 0 Å². The Kier molecular flexibility index (Phi) is 4.76. The molecule has 0 saturated carbocycles. The third kappa shape index (κ3) is 3.66. The lowest BCUT2D eigenvalue weighted by molar-refractivity contribution is -0.0951. The minimum Gasteiger partial charge on any atom is -0.389 e. The summed E-state index contributed by atoms with van der Waals surface area (Å²) < 4.78 is 14.6. The van der Waals surface area contributed by atoms with Gasteiger partial charge < -0.3 is 30.2 Å². The third-order valence-electron chi connectivity index (χ3n) is 2.09. The van der Waals surface area contributed by atoms with Gasteiger partial charge >= 0.3 is 7.82 Å². The van der Waals surface area contributed by atoms with E-state index in [0.29, 0.717) is 11.8 Å². The van der Waals surface area contributed by atoms with Crippen LogP contribution in [0, 0.1) is 0 Å². The van der Waals surface area contributed by atoms with Crippen molar-refractivity contribution >= 4 is 19.6 Å². The van der Waals surface area contributed by atoms with Gasteiger partial charge in [-0.25, -0.2) is 4.57 Å². The maximum absolute atomic E-state index is 10.4. The van der Waals surface area contributed by atoms with Crippen LogP contribution in [0.25, 0.3) is 0 Å². The normalized spacial score (nSPS) is 41.0. The van der Waals surface area contributed by atoms with Crippen LogP contribution in [0.2, 0.25) is 0 Å². The highest BCUT2D eigenvalue weighted by Gasteiger charge is 2.43. The summed E-state index contributed by atoms with van der Waals surface area (Å²) in [6.45, 7) is -0.545. The van der Waals surface area contributed by atoms with E-state index >= 15 is 0 Å². The van der Waals surface area contributed by atoms with Crippen molar-refractivity contribution in [3.05, 3.63) is 0 Å². The standard InChI is InChI=1S/C6H13O8PS/c7-3-2(1-14-15(11,12)13)16-6(10)5(9)4(3)8/h2-10H,1H2,(H2,11,12,13)/t2-,3-,4+,5-,6+/m1/s1. The number of aliphatic hydroxyl groups is 4. The van der Waals surface area contributed by atoms with E-state index in [0.717, 1.165) is 0 Å². The molecule has 96 valence electrons. The monoisotopic (exact) mass is 276 g/mol. The van der Waals surface area contributed by atoms with Crippen LogP contribution in [0.5, 0.6) is 0 Å². The first kappa shape index (κ1) is 14.4. The number of phosphoric acid groups is 1. The molecule has 0 amide bonds. The van der Waals surface area contributed by atoms with E-state index in [4.69, 9.17) is 9.79 Å². The van der Waals surface area contributed by atoms with Crippen molar-refractivity contribution in [3.8, 4) is 0 Å². The first-order valence-corrected chi connectivity index (χ1v) is 6.77. The fourth-order valence-electron chi connectivity index (χ4n) is 1.24. The number of rotatable bonds is 3. The van der Waals surface area contributed by atoms with Crippen LogP contribution >= 0.6 is 19.6 Å². The summed E-state index contributed by atoms with van der Waals surface area (Å²) in [4.78, 5) is 16.9. The van der Waals surface area contributed by atoms with Gasteiger partial charge in [-0.1, -0.05) is 0 Å². The molecule has 0 bridgehead atoms. The predicted octanol–water partition coefficient (Wildman–Crippen LogP) is -2.39. The summed E-state index contributed by atoms with van der Waals surface area (Å²) in [6, 6.07) is 0. The Morgan fingerprint density at radius 3 is 2.12 bits per heavy atom. The number of aliphatic hydroxyl groups excluding tert-OH is 4. The summed E-state index contributed by atoms with van der Waals surface area (Å²) in [7, 11) is -4.66. The Balaban J connectivity index is 2.57. The zero-order valence-corrected chi connectivity index (χ0v) is 9.66. The molecule has 1 aliphatic rings. The maximum atomic E-state index is 10.4. The maximum Gasteiger partial charge on any atom is 0.469 e. The Morgan fingerprint density at radius 1 is 1.06 bits per heavy atom. The van der Waals surface area contributed by atoms with Crippen molar-refractivity contribution in [1.29, 1.82) is 0 Å². The van der Waals surface area contributed by atoms with Crippen LogP contribution in [-0.4, -0.2) is 65.8 Å². The molecule has 0 aromatic carbocycles. The number of hydrogen-bond acceptors (Lipinski definition) is 7. The summed E-state index contributed by atoms with van der Waals surface area (Å²) >= 11 is 0.674. The van der Waals surface area contributed by atoms with Gasteiger partial charge in [0, 0.05) is 0 Å². The number of phosphoric ester groups is 1. The first-order valence-electron chi connectivity index (χ1n) is 4.30.